The van der Waals surface area contributed by atoms with Crippen LogP contribution in [-0.2, 0) is 9.59 Å². The van der Waals surface area contributed by atoms with Crippen LogP contribution in [0.25, 0.3) is 0 Å². The average Bonchev–Trinajstić information content (AvgIpc) is 3.02. The zero-order valence-electron chi connectivity index (χ0n) is 17.2. The Kier molecular flexibility index (Phi) is 5.92. The minimum Gasteiger partial charge on any atom is -0.292 e. The third-order valence-electron chi connectivity index (χ3n) is 6.13. The lowest BCUT2D eigenvalue weighted by Gasteiger charge is -2.30. The molecule has 6 nitrogen and oxygen atoms in total. The smallest absolute Gasteiger partial charge is 0.274 e. The topological polar surface area (TPSA) is 74.8 Å². The second kappa shape index (κ2) is 8.63. The van der Waals surface area contributed by atoms with Crippen LogP contribution in [0.1, 0.15) is 46.9 Å². The quantitative estimate of drug-likeness (QED) is 0.522. The van der Waals surface area contributed by atoms with Crippen LogP contribution >= 0.6 is 11.6 Å². The Morgan fingerprint density at radius 3 is 2.32 bits per heavy atom. The molecule has 4 rings (SSSR count). The molecular formula is C24H23ClN2O4. The van der Waals surface area contributed by atoms with Crippen LogP contribution in [0.2, 0.25) is 5.02 Å². The average molecular weight is 439 g/mol. The van der Waals surface area contributed by atoms with Crippen molar-refractivity contribution in [3.05, 3.63) is 70.7 Å². The highest BCUT2D eigenvalue weighted by molar-refractivity contribution is 6.34. The van der Waals surface area contributed by atoms with Crippen molar-refractivity contribution < 1.29 is 19.2 Å². The summed E-state index contributed by atoms with van der Waals surface area (Å²) in [7, 11) is 0. The Bertz CT molecular complexity index is 1040. The van der Waals surface area contributed by atoms with E-state index < -0.39 is 36.1 Å². The number of fused-ring (bicyclic) bond motifs is 1. The van der Waals surface area contributed by atoms with Gasteiger partial charge in [0.25, 0.3) is 17.7 Å². The van der Waals surface area contributed by atoms with Gasteiger partial charge >= 0.3 is 0 Å². The van der Waals surface area contributed by atoms with Gasteiger partial charge < -0.3 is 0 Å². The lowest BCUT2D eigenvalue weighted by Crippen LogP contribution is -2.52. The second-order valence-corrected chi connectivity index (χ2v) is 8.66. The summed E-state index contributed by atoms with van der Waals surface area (Å²) >= 11 is 6.22. The van der Waals surface area contributed by atoms with E-state index in [9.17, 15) is 19.2 Å². The molecule has 0 unspecified atom stereocenters. The largest absolute Gasteiger partial charge is 0.292 e. The van der Waals surface area contributed by atoms with E-state index in [0.717, 1.165) is 16.4 Å². The van der Waals surface area contributed by atoms with Crippen molar-refractivity contribution in [2.75, 3.05) is 6.54 Å². The molecular weight excluding hydrogens is 416 g/mol. The van der Waals surface area contributed by atoms with Gasteiger partial charge in [0, 0.05) is 5.56 Å². The van der Waals surface area contributed by atoms with Crippen molar-refractivity contribution in [2.24, 2.45) is 17.8 Å². The number of hydrogen-bond donors (Lipinski definition) is 0. The maximum atomic E-state index is 13.4. The molecule has 1 saturated heterocycles. The number of halogens is 1. The molecule has 0 aromatic heterocycles. The van der Waals surface area contributed by atoms with Gasteiger partial charge in [-0.25, -0.2) is 5.01 Å². The molecule has 2 aromatic carbocycles. The van der Waals surface area contributed by atoms with Crippen LogP contribution in [0.4, 0.5) is 0 Å². The molecule has 1 aliphatic carbocycles. The summed E-state index contributed by atoms with van der Waals surface area (Å²) in [5, 5.41) is 2.07. The number of rotatable bonds is 5. The zero-order chi connectivity index (χ0) is 22.1. The number of amides is 3. The fraction of sp³-hybridized carbons (Fsp3) is 0.333. The predicted molar refractivity (Wildman–Crippen MR) is 115 cm³/mol. The SMILES string of the molecule is C[C@@H]1CC[C@@H]2C(=O)N(N(CC(=O)c3ccccc3)C(=O)c3ccccc3Cl)C(=O)[C@@H]2C1. The number of ketones is 1. The molecule has 160 valence electrons. The van der Waals surface area contributed by atoms with Crippen molar-refractivity contribution in [3.8, 4) is 0 Å². The standard InChI is InChI=1S/C24H23ClN2O4/c1-15-11-12-17-19(13-15)24(31)27(23(17)30)26(14-21(28)16-7-3-2-4-8-16)22(29)18-9-5-6-10-20(18)25/h2-10,15,17,19H,11-14H2,1H3/t15-,17+,19-/m1/s1. The number of carbonyl (C=O) groups is 4. The van der Waals surface area contributed by atoms with Crippen molar-refractivity contribution in [3.63, 3.8) is 0 Å². The van der Waals surface area contributed by atoms with E-state index in [4.69, 9.17) is 11.6 Å². The van der Waals surface area contributed by atoms with Gasteiger partial charge in [0.2, 0.25) is 0 Å². The highest BCUT2D eigenvalue weighted by Gasteiger charge is 2.52. The number of hydrogen-bond acceptors (Lipinski definition) is 4. The van der Waals surface area contributed by atoms with Crippen molar-refractivity contribution in [1.29, 1.82) is 0 Å². The molecule has 31 heavy (non-hydrogen) atoms. The van der Waals surface area contributed by atoms with E-state index in [1.807, 2.05) is 0 Å². The molecule has 1 heterocycles. The van der Waals surface area contributed by atoms with Gasteiger partial charge in [-0.05, 0) is 37.3 Å². The molecule has 1 saturated carbocycles. The van der Waals surface area contributed by atoms with Crippen LogP contribution in [0.3, 0.4) is 0 Å². The number of Topliss-reactive ketones (excluding diaryl/α,β-unsaturated/α-hetero) is 1. The van der Waals surface area contributed by atoms with Gasteiger partial charge in [-0.2, -0.15) is 5.01 Å². The monoisotopic (exact) mass is 438 g/mol. The molecule has 2 fully saturated rings. The van der Waals surface area contributed by atoms with E-state index in [2.05, 4.69) is 6.92 Å². The first-order chi connectivity index (χ1) is 14.9. The molecule has 0 spiro atoms. The normalized spacial score (nSPS) is 22.9. The van der Waals surface area contributed by atoms with Gasteiger partial charge in [-0.3, -0.25) is 19.2 Å². The molecule has 0 bridgehead atoms. The minimum atomic E-state index is -0.650. The fourth-order valence-electron chi connectivity index (χ4n) is 4.47. The molecule has 3 amide bonds. The summed E-state index contributed by atoms with van der Waals surface area (Å²) in [6, 6.07) is 14.9. The van der Waals surface area contributed by atoms with Crippen molar-refractivity contribution >= 4 is 35.1 Å². The number of nitrogens with zero attached hydrogens (tertiary/aromatic N) is 2. The summed E-state index contributed by atoms with van der Waals surface area (Å²) in [6.07, 6.45) is 2.07. The Morgan fingerprint density at radius 1 is 0.968 bits per heavy atom. The fourth-order valence-corrected chi connectivity index (χ4v) is 4.69. The summed E-state index contributed by atoms with van der Waals surface area (Å²) in [6.45, 7) is 1.63. The lowest BCUT2D eigenvalue weighted by atomic mass is 9.76. The maximum absolute atomic E-state index is 13.4. The summed E-state index contributed by atoms with van der Waals surface area (Å²) in [5.74, 6) is -2.42. The first-order valence-corrected chi connectivity index (χ1v) is 10.8. The van der Waals surface area contributed by atoms with Crippen LogP contribution in [0, 0.1) is 17.8 Å². The van der Waals surface area contributed by atoms with Crippen LogP contribution in [0.5, 0.6) is 0 Å². The summed E-state index contributed by atoms with van der Waals surface area (Å²) < 4.78 is 0. The van der Waals surface area contributed by atoms with Gasteiger partial charge in [0.15, 0.2) is 5.78 Å². The van der Waals surface area contributed by atoms with E-state index in [1.165, 1.54) is 6.07 Å². The summed E-state index contributed by atoms with van der Waals surface area (Å²) in [4.78, 5) is 52.8. The summed E-state index contributed by atoms with van der Waals surface area (Å²) in [5.41, 5.74) is 0.526. The first kappa shape index (κ1) is 21.2. The van der Waals surface area contributed by atoms with Crippen LogP contribution in [-0.4, -0.2) is 40.1 Å². The molecule has 0 radical (unpaired) electrons. The third kappa shape index (κ3) is 4.00. The van der Waals surface area contributed by atoms with Gasteiger partial charge in [-0.1, -0.05) is 61.0 Å². The Hall–Kier alpha value is -2.99. The van der Waals surface area contributed by atoms with E-state index in [0.29, 0.717) is 24.3 Å². The first-order valence-electron chi connectivity index (χ1n) is 10.4. The van der Waals surface area contributed by atoms with Crippen LogP contribution in [0.15, 0.2) is 54.6 Å². The van der Waals surface area contributed by atoms with Crippen LogP contribution < -0.4 is 0 Å². The number of hydrazine groups is 1. The van der Waals surface area contributed by atoms with E-state index in [-0.39, 0.29) is 16.4 Å². The van der Waals surface area contributed by atoms with Gasteiger partial charge in [0.1, 0.15) is 6.54 Å². The molecule has 2 aromatic rings. The molecule has 2 aliphatic rings. The lowest BCUT2D eigenvalue weighted by molar-refractivity contribution is -0.154. The van der Waals surface area contributed by atoms with Gasteiger partial charge in [-0.15, -0.1) is 0 Å². The molecule has 3 atom stereocenters. The Morgan fingerprint density at radius 2 is 1.61 bits per heavy atom. The Labute approximate surface area is 185 Å². The number of imide groups is 1. The molecule has 0 N–H and O–H groups in total. The second-order valence-electron chi connectivity index (χ2n) is 8.25. The third-order valence-corrected chi connectivity index (χ3v) is 6.46. The minimum absolute atomic E-state index is 0.133. The van der Waals surface area contributed by atoms with E-state index in [1.54, 1.807) is 48.5 Å². The highest BCUT2D eigenvalue weighted by Crippen LogP contribution is 2.41. The number of benzene rings is 2. The van der Waals surface area contributed by atoms with Gasteiger partial charge in [0.05, 0.1) is 22.4 Å². The molecule has 1 aliphatic heterocycles. The number of carbonyl (C=O) groups excluding carboxylic acids is 4. The Balaban J connectivity index is 1.71. The maximum Gasteiger partial charge on any atom is 0.274 e. The van der Waals surface area contributed by atoms with E-state index >= 15 is 0 Å². The molecule has 7 heteroatoms. The van der Waals surface area contributed by atoms with Crippen molar-refractivity contribution in [1.82, 2.24) is 10.0 Å². The predicted octanol–water partition coefficient (Wildman–Crippen LogP) is 4.00. The van der Waals surface area contributed by atoms with Crippen molar-refractivity contribution in [2.45, 2.75) is 26.2 Å². The zero-order valence-corrected chi connectivity index (χ0v) is 17.9. The highest BCUT2D eigenvalue weighted by atomic mass is 35.5.